The van der Waals surface area contributed by atoms with Gasteiger partial charge in [0.05, 0.1) is 23.8 Å². The molecule has 0 N–H and O–H groups in total. The third-order valence-corrected chi connectivity index (χ3v) is 6.93. The highest BCUT2D eigenvalue weighted by atomic mass is 35.5. The number of rotatable bonds is 11. The summed E-state index contributed by atoms with van der Waals surface area (Å²) in [6, 6.07) is 19.1. The lowest BCUT2D eigenvalue weighted by Crippen LogP contribution is -2.48. The van der Waals surface area contributed by atoms with Gasteiger partial charge >= 0.3 is 0 Å². The number of ether oxygens (including phenoxy) is 1. The molecule has 0 spiro atoms. The second kappa shape index (κ2) is 13.3. The molecule has 2 amide bonds. The van der Waals surface area contributed by atoms with Crippen LogP contribution in [-0.2, 0) is 22.7 Å². The fourth-order valence-electron chi connectivity index (χ4n) is 4.19. The Hall–Kier alpha value is -4.17. The first-order chi connectivity index (χ1) is 19.2. The second-order valence-electron chi connectivity index (χ2n) is 9.48. The number of carbonyl (C=O) groups excluding carboxylic acids is 2. The van der Waals surface area contributed by atoms with Gasteiger partial charge in [-0.25, -0.2) is 4.39 Å². The quantitative estimate of drug-likeness (QED) is 0.229. The Kier molecular flexibility index (Phi) is 9.56. The van der Waals surface area contributed by atoms with Crippen LogP contribution in [0.4, 0.5) is 4.39 Å². The molecular formula is C31H30ClFN2O5. The lowest BCUT2D eigenvalue weighted by atomic mass is 10.1. The SMILES string of the molecule is CCC(C)N(CC(=O)N(Cc1ccc(F)cc1)Cc1coc2ccccc2c1=O)C(=O)COc1ccc(Cl)cc1. The first-order valence-corrected chi connectivity index (χ1v) is 13.3. The summed E-state index contributed by atoms with van der Waals surface area (Å²) in [6.07, 6.45) is 1.97. The first-order valence-electron chi connectivity index (χ1n) is 12.9. The lowest BCUT2D eigenvalue weighted by molar-refractivity contribution is -0.144. The minimum atomic E-state index is -0.397. The highest BCUT2D eigenvalue weighted by molar-refractivity contribution is 6.30. The molecule has 0 fully saturated rings. The summed E-state index contributed by atoms with van der Waals surface area (Å²) >= 11 is 5.92. The van der Waals surface area contributed by atoms with E-state index in [1.54, 1.807) is 60.7 Å². The number of nitrogens with zero attached hydrogens (tertiary/aromatic N) is 2. The van der Waals surface area contributed by atoms with Gasteiger partial charge in [0.25, 0.3) is 5.91 Å². The van der Waals surface area contributed by atoms with Crippen LogP contribution in [0.3, 0.4) is 0 Å². The molecule has 1 heterocycles. The summed E-state index contributed by atoms with van der Waals surface area (Å²) in [5, 5.41) is 0.956. The third kappa shape index (κ3) is 7.27. The number of fused-ring (bicyclic) bond motifs is 1. The van der Waals surface area contributed by atoms with Gasteiger partial charge in [0.2, 0.25) is 5.91 Å². The summed E-state index contributed by atoms with van der Waals surface area (Å²) in [6.45, 7) is 3.35. The molecule has 0 bridgehead atoms. The van der Waals surface area contributed by atoms with Crippen LogP contribution in [0.1, 0.15) is 31.4 Å². The minimum Gasteiger partial charge on any atom is -0.484 e. The van der Waals surface area contributed by atoms with Crippen molar-refractivity contribution in [1.29, 1.82) is 0 Å². The number of carbonyl (C=O) groups is 2. The summed E-state index contributed by atoms with van der Waals surface area (Å²) in [7, 11) is 0. The topological polar surface area (TPSA) is 80.1 Å². The van der Waals surface area contributed by atoms with Gasteiger partial charge in [-0.15, -0.1) is 0 Å². The zero-order chi connectivity index (χ0) is 28.6. The van der Waals surface area contributed by atoms with Crippen LogP contribution >= 0.6 is 11.6 Å². The van der Waals surface area contributed by atoms with Crippen LogP contribution in [0.5, 0.6) is 5.75 Å². The van der Waals surface area contributed by atoms with Crippen molar-refractivity contribution in [2.24, 2.45) is 0 Å². The molecule has 0 aliphatic carbocycles. The van der Waals surface area contributed by atoms with Gasteiger partial charge in [-0.3, -0.25) is 14.4 Å². The van der Waals surface area contributed by atoms with Crippen LogP contribution in [0, 0.1) is 5.82 Å². The maximum absolute atomic E-state index is 13.7. The monoisotopic (exact) mass is 564 g/mol. The summed E-state index contributed by atoms with van der Waals surface area (Å²) in [5.74, 6) is -0.651. The largest absolute Gasteiger partial charge is 0.484 e. The molecule has 9 heteroatoms. The van der Waals surface area contributed by atoms with Gasteiger partial charge in [0, 0.05) is 17.6 Å². The van der Waals surface area contributed by atoms with E-state index in [1.165, 1.54) is 28.2 Å². The van der Waals surface area contributed by atoms with Gasteiger partial charge in [-0.2, -0.15) is 0 Å². The van der Waals surface area contributed by atoms with E-state index in [0.717, 1.165) is 0 Å². The van der Waals surface area contributed by atoms with E-state index in [-0.39, 0.29) is 49.5 Å². The number of para-hydroxylation sites is 1. The predicted octanol–water partition coefficient (Wildman–Crippen LogP) is 5.82. The average Bonchev–Trinajstić information content (AvgIpc) is 2.97. The Morgan fingerprint density at radius 3 is 2.38 bits per heavy atom. The van der Waals surface area contributed by atoms with E-state index in [0.29, 0.717) is 39.3 Å². The number of hydrogen-bond donors (Lipinski definition) is 0. The normalized spacial score (nSPS) is 11.7. The van der Waals surface area contributed by atoms with E-state index in [9.17, 15) is 18.8 Å². The van der Waals surface area contributed by atoms with Crippen LogP contribution in [0.2, 0.25) is 5.02 Å². The Morgan fingerprint density at radius 1 is 0.975 bits per heavy atom. The summed E-state index contributed by atoms with van der Waals surface area (Å²) in [5.41, 5.74) is 1.17. The van der Waals surface area contributed by atoms with Gasteiger partial charge in [-0.05, 0) is 67.4 Å². The Morgan fingerprint density at radius 2 is 1.68 bits per heavy atom. The van der Waals surface area contributed by atoms with E-state index in [2.05, 4.69) is 0 Å². The molecular weight excluding hydrogens is 535 g/mol. The smallest absolute Gasteiger partial charge is 0.261 e. The Labute approximate surface area is 236 Å². The molecule has 4 aromatic rings. The molecule has 1 unspecified atom stereocenters. The average molecular weight is 565 g/mol. The number of amides is 2. The van der Waals surface area contributed by atoms with Crippen molar-refractivity contribution in [3.05, 3.63) is 111 Å². The molecule has 40 heavy (non-hydrogen) atoms. The Bertz CT molecular complexity index is 1520. The second-order valence-corrected chi connectivity index (χ2v) is 9.92. The fourth-order valence-corrected chi connectivity index (χ4v) is 4.32. The molecule has 0 aliphatic rings. The molecule has 4 rings (SSSR count). The molecule has 1 aromatic heterocycles. The first kappa shape index (κ1) is 28.8. The van der Waals surface area contributed by atoms with Gasteiger partial charge in [-0.1, -0.05) is 42.8 Å². The van der Waals surface area contributed by atoms with Crippen molar-refractivity contribution in [1.82, 2.24) is 9.80 Å². The third-order valence-electron chi connectivity index (χ3n) is 6.68. The van der Waals surface area contributed by atoms with Crippen molar-refractivity contribution in [2.45, 2.75) is 39.4 Å². The summed E-state index contributed by atoms with van der Waals surface area (Å²) in [4.78, 5) is 43.0. The number of hydrogen-bond acceptors (Lipinski definition) is 5. The minimum absolute atomic E-state index is 0.0484. The van der Waals surface area contributed by atoms with Crippen LogP contribution in [-0.4, -0.2) is 40.8 Å². The van der Waals surface area contributed by atoms with E-state index in [1.807, 2.05) is 13.8 Å². The highest BCUT2D eigenvalue weighted by Crippen LogP contribution is 2.18. The van der Waals surface area contributed by atoms with Crippen LogP contribution in [0.15, 0.2) is 88.3 Å². The Balaban J connectivity index is 1.56. The number of benzene rings is 3. The molecule has 208 valence electrons. The lowest BCUT2D eigenvalue weighted by Gasteiger charge is -2.31. The fraction of sp³-hybridized carbons (Fsp3) is 0.258. The summed E-state index contributed by atoms with van der Waals surface area (Å²) < 4.78 is 24.8. The molecule has 0 aliphatic heterocycles. The molecule has 0 radical (unpaired) electrons. The highest BCUT2D eigenvalue weighted by Gasteiger charge is 2.26. The van der Waals surface area contributed by atoms with E-state index < -0.39 is 5.82 Å². The zero-order valence-corrected chi connectivity index (χ0v) is 23.1. The van der Waals surface area contributed by atoms with Gasteiger partial charge in [0.1, 0.15) is 23.7 Å². The number of halogens is 2. The van der Waals surface area contributed by atoms with Crippen molar-refractivity contribution >= 4 is 34.4 Å². The maximum Gasteiger partial charge on any atom is 0.261 e. The molecule has 3 aromatic carbocycles. The van der Waals surface area contributed by atoms with E-state index in [4.69, 9.17) is 20.8 Å². The van der Waals surface area contributed by atoms with Crippen molar-refractivity contribution < 1.29 is 23.1 Å². The molecule has 0 saturated carbocycles. The molecule has 7 nitrogen and oxygen atoms in total. The molecule has 1 atom stereocenters. The van der Waals surface area contributed by atoms with Crippen molar-refractivity contribution in [2.75, 3.05) is 13.2 Å². The van der Waals surface area contributed by atoms with Crippen LogP contribution in [0.25, 0.3) is 11.0 Å². The van der Waals surface area contributed by atoms with Crippen molar-refractivity contribution in [3.63, 3.8) is 0 Å². The van der Waals surface area contributed by atoms with Gasteiger partial charge in [0.15, 0.2) is 12.0 Å². The van der Waals surface area contributed by atoms with Crippen molar-refractivity contribution in [3.8, 4) is 5.75 Å². The van der Waals surface area contributed by atoms with E-state index >= 15 is 0 Å². The van der Waals surface area contributed by atoms with Gasteiger partial charge < -0.3 is 19.0 Å². The van der Waals surface area contributed by atoms with Crippen LogP contribution < -0.4 is 10.2 Å². The zero-order valence-electron chi connectivity index (χ0n) is 22.3. The maximum atomic E-state index is 13.7. The molecule has 0 saturated heterocycles. The standard InChI is InChI=1S/C31H30ClFN2O5/c1-3-21(2)35(30(37)20-39-26-14-10-24(32)11-15-26)18-29(36)34(16-22-8-12-25(33)13-9-22)17-23-19-40-28-7-5-4-6-27(28)31(23)38/h4-15,19,21H,3,16-18,20H2,1-2H3. The predicted molar refractivity (Wildman–Crippen MR) is 152 cm³/mol.